The van der Waals surface area contributed by atoms with Crippen LogP contribution in [-0.2, 0) is 0 Å². The molecule has 0 fully saturated rings. The van der Waals surface area contributed by atoms with Crippen LogP contribution in [0.2, 0.25) is 0 Å². The number of nitrogens with one attached hydrogen (secondary N) is 1. The summed E-state index contributed by atoms with van der Waals surface area (Å²) in [7, 11) is 1.50. The zero-order valence-electron chi connectivity index (χ0n) is 14.7. The van der Waals surface area contributed by atoms with Crippen molar-refractivity contribution in [3.8, 4) is 0 Å². The van der Waals surface area contributed by atoms with Crippen molar-refractivity contribution in [1.82, 2.24) is 0 Å². The largest absolute Gasteiger partial charge is 0.455 e. The van der Waals surface area contributed by atoms with Crippen molar-refractivity contribution in [3.05, 3.63) is 75.7 Å². The maximum Gasteiger partial charge on any atom is 0.193 e. The molecule has 0 aliphatic heterocycles. The first kappa shape index (κ1) is 18.6. The van der Waals surface area contributed by atoms with Crippen LogP contribution in [0.15, 0.2) is 57.8 Å². The Balaban J connectivity index is 0.00000109. The maximum atomic E-state index is 12.5. The van der Waals surface area contributed by atoms with Gasteiger partial charge < -0.3 is 21.3 Å². The number of hydrogen-bond donors (Lipinski definition) is 3. The summed E-state index contributed by atoms with van der Waals surface area (Å²) in [5, 5.41) is 8.23. The highest BCUT2D eigenvalue weighted by molar-refractivity contribution is 6.12. The van der Waals surface area contributed by atoms with E-state index < -0.39 is 0 Å². The van der Waals surface area contributed by atoms with Crippen molar-refractivity contribution >= 4 is 22.3 Å². The van der Waals surface area contributed by atoms with Crippen molar-refractivity contribution in [2.45, 2.75) is 19.9 Å². The molecule has 0 saturated carbocycles. The van der Waals surface area contributed by atoms with Crippen LogP contribution in [0.5, 0.6) is 0 Å². The van der Waals surface area contributed by atoms with Crippen LogP contribution in [0, 0.1) is 12.3 Å². The third-order valence-corrected chi connectivity index (χ3v) is 3.88. The average Bonchev–Trinajstić information content (AvgIpc) is 2.59. The van der Waals surface area contributed by atoms with Crippen LogP contribution in [0.4, 0.5) is 0 Å². The van der Waals surface area contributed by atoms with Gasteiger partial charge in [0.25, 0.3) is 0 Å². The highest BCUT2D eigenvalue weighted by Gasteiger charge is 2.15. The van der Waals surface area contributed by atoms with Gasteiger partial charge in [0.1, 0.15) is 11.3 Å². The summed E-state index contributed by atoms with van der Waals surface area (Å²) in [6.45, 7) is 7.62. The first-order valence-corrected chi connectivity index (χ1v) is 7.96. The van der Waals surface area contributed by atoms with Crippen molar-refractivity contribution < 1.29 is 4.42 Å². The molecule has 25 heavy (non-hydrogen) atoms. The molecule has 5 nitrogen and oxygen atoms in total. The van der Waals surface area contributed by atoms with Gasteiger partial charge in [0, 0.05) is 23.2 Å². The first-order valence-electron chi connectivity index (χ1n) is 7.96. The standard InChI is InChI=1S/C19H18N2O2.CH5N/c1-10-6-14(12(3)20)19-15(7-10)17(22)9-18(23-19)13-4-5-16(21)11(2)8-13;1-2/h4-9,12,21H,2,20H2,1,3H3;2H2,1H3. The number of aryl methyl sites for hydroxylation is 1. The van der Waals surface area contributed by atoms with E-state index in [4.69, 9.17) is 15.6 Å². The summed E-state index contributed by atoms with van der Waals surface area (Å²) in [5.41, 5.74) is 14.4. The Bertz CT molecular complexity index is 963. The summed E-state index contributed by atoms with van der Waals surface area (Å²) < 4.78 is 6.00. The topological polar surface area (TPSA) is 106 Å². The minimum absolute atomic E-state index is 0.104. The van der Waals surface area contributed by atoms with E-state index in [1.807, 2.05) is 26.0 Å². The van der Waals surface area contributed by atoms with Crippen LogP contribution in [-0.4, -0.2) is 12.8 Å². The molecule has 1 unspecified atom stereocenters. The predicted octanol–water partition coefficient (Wildman–Crippen LogP) is 3.23. The molecule has 0 saturated heterocycles. The quantitative estimate of drug-likeness (QED) is 0.782. The molecule has 2 aromatic rings. The molecule has 1 aliphatic carbocycles. The van der Waals surface area contributed by atoms with E-state index in [0.717, 1.165) is 16.7 Å². The normalized spacial score (nSPS) is 14.8. The second-order valence-corrected chi connectivity index (χ2v) is 5.87. The molecule has 1 aromatic heterocycles. The summed E-state index contributed by atoms with van der Waals surface area (Å²) in [6.07, 6.45) is 5.14. The fourth-order valence-corrected chi connectivity index (χ4v) is 2.66. The molecule has 1 atom stereocenters. The predicted molar refractivity (Wildman–Crippen MR) is 104 cm³/mol. The lowest BCUT2D eigenvalue weighted by Gasteiger charge is -2.13. The number of benzene rings is 1. The molecular formula is C20H23N3O2. The van der Waals surface area contributed by atoms with Crippen LogP contribution in [0.3, 0.4) is 0 Å². The highest BCUT2D eigenvalue weighted by atomic mass is 16.3. The monoisotopic (exact) mass is 337 g/mol. The molecule has 0 amide bonds. The third kappa shape index (κ3) is 3.68. The minimum atomic E-state index is -0.241. The molecule has 1 aromatic carbocycles. The Morgan fingerprint density at radius 1 is 1.20 bits per heavy atom. The van der Waals surface area contributed by atoms with Gasteiger partial charge in [-0.3, -0.25) is 4.79 Å². The fourth-order valence-electron chi connectivity index (χ4n) is 2.66. The van der Waals surface area contributed by atoms with Gasteiger partial charge >= 0.3 is 0 Å². The first-order chi connectivity index (χ1) is 11.9. The molecule has 1 heterocycles. The summed E-state index contributed by atoms with van der Waals surface area (Å²) in [6, 6.07) is 5.00. The molecule has 0 spiro atoms. The molecule has 5 heteroatoms. The molecule has 5 N–H and O–H groups in total. The van der Waals surface area contributed by atoms with Crippen LogP contribution < -0.4 is 16.9 Å². The number of allylic oxidation sites excluding steroid dienone is 5. The lowest BCUT2D eigenvalue weighted by Crippen LogP contribution is -2.10. The lowest BCUT2D eigenvalue weighted by atomic mass is 9.98. The lowest BCUT2D eigenvalue weighted by molar-refractivity contribution is 0.578. The van der Waals surface area contributed by atoms with Gasteiger partial charge in [-0.25, -0.2) is 0 Å². The van der Waals surface area contributed by atoms with Crippen LogP contribution >= 0.6 is 0 Å². The van der Waals surface area contributed by atoms with Gasteiger partial charge in [0.05, 0.1) is 11.1 Å². The van der Waals surface area contributed by atoms with Gasteiger partial charge in [-0.1, -0.05) is 12.6 Å². The molecule has 3 rings (SSSR count). The van der Waals surface area contributed by atoms with E-state index in [1.54, 1.807) is 18.2 Å². The molecule has 0 radical (unpaired) electrons. The van der Waals surface area contributed by atoms with Gasteiger partial charge in [-0.05, 0) is 56.3 Å². The fraction of sp³-hybridized carbons (Fsp3) is 0.200. The van der Waals surface area contributed by atoms with E-state index >= 15 is 0 Å². The summed E-state index contributed by atoms with van der Waals surface area (Å²) in [5.74, 6) is 0.457. The van der Waals surface area contributed by atoms with Gasteiger partial charge in [-0.15, -0.1) is 0 Å². The van der Waals surface area contributed by atoms with Crippen molar-refractivity contribution in [2.75, 3.05) is 7.05 Å². The van der Waals surface area contributed by atoms with Crippen LogP contribution in [0.25, 0.3) is 16.5 Å². The Kier molecular flexibility index (Phi) is 5.51. The summed E-state index contributed by atoms with van der Waals surface area (Å²) >= 11 is 0. The molecular weight excluding hydrogens is 314 g/mol. The van der Waals surface area contributed by atoms with Crippen molar-refractivity contribution in [2.24, 2.45) is 11.5 Å². The zero-order valence-corrected chi connectivity index (χ0v) is 14.7. The maximum absolute atomic E-state index is 12.5. The summed E-state index contributed by atoms with van der Waals surface area (Å²) in [4.78, 5) is 12.5. The zero-order chi connectivity index (χ0) is 18.7. The number of nitrogens with two attached hydrogens (primary N) is 2. The number of rotatable bonds is 2. The Morgan fingerprint density at radius 2 is 1.88 bits per heavy atom. The second-order valence-electron chi connectivity index (χ2n) is 5.87. The molecule has 130 valence electrons. The van der Waals surface area contributed by atoms with Gasteiger partial charge in [0.2, 0.25) is 0 Å². The SMILES string of the molecule is C=C1C=C(c2cc(=O)c3cc(C)cc(C(C)N)c3o2)C=CC1=N.CN. The smallest absolute Gasteiger partial charge is 0.193 e. The van der Waals surface area contributed by atoms with Crippen LogP contribution in [0.1, 0.15) is 29.9 Å². The number of fused-ring (bicyclic) bond motifs is 1. The Hall–Kier alpha value is -2.76. The molecule has 1 aliphatic rings. The van der Waals surface area contributed by atoms with Crippen molar-refractivity contribution in [3.63, 3.8) is 0 Å². The highest BCUT2D eigenvalue weighted by Crippen LogP contribution is 2.28. The Labute approximate surface area is 146 Å². The Morgan fingerprint density at radius 3 is 2.48 bits per heavy atom. The third-order valence-electron chi connectivity index (χ3n) is 3.88. The van der Waals surface area contributed by atoms with E-state index in [9.17, 15) is 4.79 Å². The molecule has 0 bridgehead atoms. The van der Waals surface area contributed by atoms with E-state index in [0.29, 0.717) is 28.0 Å². The van der Waals surface area contributed by atoms with E-state index in [2.05, 4.69) is 12.3 Å². The van der Waals surface area contributed by atoms with Gasteiger partial charge in [0.15, 0.2) is 5.43 Å². The average molecular weight is 337 g/mol. The van der Waals surface area contributed by atoms with E-state index in [1.165, 1.54) is 13.1 Å². The van der Waals surface area contributed by atoms with Gasteiger partial charge in [-0.2, -0.15) is 0 Å². The minimum Gasteiger partial charge on any atom is -0.455 e. The second kappa shape index (κ2) is 7.42. The number of hydrogen-bond acceptors (Lipinski definition) is 5. The van der Waals surface area contributed by atoms with Crippen molar-refractivity contribution in [1.29, 1.82) is 5.41 Å². The van der Waals surface area contributed by atoms with E-state index in [-0.39, 0.29) is 11.5 Å².